The van der Waals surface area contributed by atoms with E-state index in [1.807, 2.05) is 11.3 Å². The lowest BCUT2D eigenvalue weighted by molar-refractivity contribution is 0.675. The highest BCUT2D eigenvalue weighted by molar-refractivity contribution is 7.80. The van der Waals surface area contributed by atoms with E-state index in [9.17, 15) is 0 Å². The summed E-state index contributed by atoms with van der Waals surface area (Å²) in [7, 11) is 0. The van der Waals surface area contributed by atoms with E-state index in [1.165, 1.54) is 86.9 Å². The standard InChI is InChI=1S/C42H32S3/c1-41(23-43)35-9-5-3-7-29(35)31-15-11-25(19-37(31)41)27-13-17-33-34-18-14-28(22-40(34)45-39(33)21-27)26-12-16-32-30-8-4-6-10-36(30)42(2,24-44)38(32)20-26/h3-22,43-44H,23-24H2,1-2H3. The second kappa shape index (κ2) is 9.87. The van der Waals surface area contributed by atoms with Gasteiger partial charge in [0.2, 0.25) is 0 Å². The van der Waals surface area contributed by atoms with Crippen molar-refractivity contribution < 1.29 is 0 Å². The van der Waals surface area contributed by atoms with Crippen molar-refractivity contribution in [1.82, 2.24) is 0 Å². The number of hydrogen-bond acceptors (Lipinski definition) is 3. The Balaban J connectivity index is 1.11. The molecule has 3 heteroatoms. The van der Waals surface area contributed by atoms with Gasteiger partial charge in [-0.2, -0.15) is 25.3 Å². The number of benzene rings is 6. The molecule has 0 saturated carbocycles. The second-order valence-electron chi connectivity index (χ2n) is 13.1. The summed E-state index contributed by atoms with van der Waals surface area (Å²) in [6, 6.07) is 45.6. The molecule has 0 nitrogen and oxygen atoms in total. The van der Waals surface area contributed by atoms with Gasteiger partial charge in [0.25, 0.3) is 0 Å². The molecule has 0 N–H and O–H groups in total. The van der Waals surface area contributed by atoms with Crippen molar-refractivity contribution in [2.24, 2.45) is 0 Å². The average Bonchev–Trinajstić information content (AvgIpc) is 3.68. The molecular formula is C42H32S3. The van der Waals surface area contributed by atoms with E-state index in [-0.39, 0.29) is 10.8 Å². The van der Waals surface area contributed by atoms with Crippen molar-refractivity contribution >= 4 is 56.8 Å². The summed E-state index contributed by atoms with van der Waals surface area (Å²) in [6.07, 6.45) is 0. The lowest BCUT2D eigenvalue weighted by atomic mass is 9.81. The first-order valence-electron chi connectivity index (χ1n) is 15.6. The van der Waals surface area contributed by atoms with Crippen molar-refractivity contribution in [2.75, 3.05) is 11.5 Å². The van der Waals surface area contributed by atoms with Crippen LogP contribution in [-0.4, -0.2) is 11.5 Å². The van der Waals surface area contributed by atoms with Gasteiger partial charge in [-0.25, -0.2) is 0 Å². The molecule has 2 aliphatic carbocycles. The minimum absolute atomic E-state index is 0.0895. The zero-order valence-corrected chi connectivity index (χ0v) is 27.9. The largest absolute Gasteiger partial charge is 0.178 e. The van der Waals surface area contributed by atoms with Crippen LogP contribution in [0.3, 0.4) is 0 Å². The van der Waals surface area contributed by atoms with Crippen LogP contribution >= 0.6 is 36.6 Å². The SMILES string of the molecule is CC1(CS)c2ccccc2-c2ccc(-c3ccc4c(c3)sc3cc(-c5ccc6c(c5)C(C)(CS)c5ccccc5-6)ccc34)cc21. The normalized spacial score (nSPS) is 19.5. The Morgan fingerprint density at radius 3 is 1.27 bits per heavy atom. The summed E-state index contributed by atoms with van der Waals surface area (Å²) in [5, 5.41) is 2.65. The van der Waals surface area contributed by atoms with Gasteiger partial charge in [0.1, 0.15) is 0 Å². The highest BCUT2D eigenvalue weighted by Gasteiger charge is 2.39. The first kappa shape index (κ1) is 27.5. The van der Waals surface area contributed by atoms with Crippen molar-refractivity contribution in [3.05, 3.63) is 144 Å². The molecule has 2 aliphatic rings. The second-order valence-corrected chi connectivity index (χ2v) is 14.8. The first-order chi connectivity index (χ1) is 21.9. The van der Waals surface area contributed by atoms with Crippen LogP contribution < -0.4 is 0 Å². The molecular weight excluding hydrogens is 601 g/mol. The first-order valence-corrected chi connectivity index (χ1v) is 17.7. The van der Waals surface area contributed by atoms with E-state index < -0.39 is 0 Å². The fourth-order valence-corrected chi connectivity index (χ4v) is 9.86. The van der Waals surface area contributed by atoms with Gasteiger partial charge < -0.3 is 0 Å². The van der Waals surface area contributed by atoms with Gasteiger partial charge in [-0.05, 0) is 91.0 Å². The molecule has 2 atom stereocenters. The molecule has 1 heterocycles. The molecule has 6 aromatic carbocycles. The lowest BCUT2D eigenvalue weighted by Gasteiger charge is -2.25. The van der Waals surface area contributed by atoms with Gasteiger partial charge in [0.15, 0.2) is 0 Å². The maximum Gasteiger partial charge on any atom is 0.0361 e. The number of thiol groups is 2. The van der Waals surface area contributed by atoms with Gasteiger partial charge in [0.05, 0.1) is 0 Å². The summed E-state index contributed by atoms with van der Waals surface area (Å²) < 4.78 is 2.65. The topological polar surface area (TPSA) is 0 Å². The molecule has 0 radical (unpaired) electrons. The molecule has 0 saturated heterocycles. The van der Waals surface area contributed by atoms with Gasteiger partial charge in [-0.15, -0.1) is 11.3 Å². The summed E-state index contributed by atoms with van der Waals surface area (Å²) in [6.45, 7) is 4.67. The quantitative estimate of drug-likeness (QED) is 0.177. The van der Waals surface area contributed by atoms with Crippen LogP contribution in [0.4, 0.5) is 0 Å². The smallest absolute Gasteiger partial charge is 0.0361 e. The van der Waals surface area contributed by atoms with Crippen LogP contribution in [0.15, 0.2) is 121 Å². The van der Waals surface area contributed by atoms with Crippen LogP contribution in [0.5, 0.6) is 0 Å². The molecule has 0 aliphatic heterocycles. The Hall–Kier alpha value is -3.76. The fraction of sp³-hybridized carbons (Fsp3) is 0.143. The maximum atomic E-state index is 4.83. The Bertz CT molecular complexity index is 2180. The van der Waals surface area contributed by atoms with E-state index in [0.717, 1.165) is 11.5 Å². The summed E-state index contributed by atoms with van der Waals surface area (Å²) in [5.41, 5.74) is 15.8. The molecule has 9 rings (SSSR count). The Labute approximate surface area is 279 Å². The van der Waals surface area contributed by atoms with Crippen LogP contribution in [0, 0.1) is 0 Å². The molecule has 0 spiro atoms. The van der Waals surface area contributed by atoms with Crippen molar-refractivity contribution in [3.8, 4) is 44.5 Å². The third-order valence-corrected chi connectivity index (χ3v) is 13.0. The van der Waals surface area contributed by atoms with Gasteiger partial charge in [-0.1, -0.05) is 111 Å². The number of hydrogen-bond donors (Lipinski definition) is 2. The van der Waals surface area contributed by atoms with E-state index in [1.54, 1.807) is 0 Å². The van der Waals surface area contributed by atoms with Gasteiger partial charge in [0, 0.05) is 42.5 Å². The molecule has 2 unspecified atom stereocenters. The predicted octanol–water partition coefficient (Wildman–Crippen LogP) is 11.8. The zero-order valence-electron chi connectivity index (χ0n) is 25.3. The summed E-state index contributed by atoms with van der Waals surface area (Å²) >= 11 is 11.5. The fourth-order valence-electron chi connectivity index (χ4n) is 8.00. The van der Waals surface area contributed by atoms with Gasteiger partial charge >= 0.3 is 0 Å². The molecule has 7 aromatic rings. The van der Waals surface area contributed by atoms with Crippen LogP contribution in [-0.2, 0) is 10.8 Å². The van der Waals surface area contributed by atoms with E-state index in [0.29, 0.717) is 0 Å². The van der Waals surface area contributed by atoms with Crippen molar-refractivity contribution in [1.29, 1.82) is 0 Å². The Kier molecular flexibility index (Phi) is 6.04. The minimum Gasteiger partial charge on any atom is -0.178 e. The van der Waals surface area contributed by atoms with Crippen molar-refractivity contribution in [3.63, 3.8) is 0 Å². The molecule has 45 heavy (non-hydrogen) atoms. The third kappa shape index (κ3) is 3.81. The van der Waals surface area contributed by atoms with Crippen LogP contribution in [0.1, 0.15) is 36.1 Å². The average molecular weight is 633 g/mol. The monoisotopic (exact) mass is 632 g/mol. The highest BCUT2D eigenvalue weighted by Crippen LogP contribution is 2.52. The number of rotatable bonds is 4. The summed E-state index contributed by atoms with van der Waals surface area (Å²) in [4.78, 5) is 0. The Morgan fingerprint density at radius 2 is 0.822 bits per heavy atom. The van der Waals surface area contributed by atoms with E-state index in [2.05, 4.69) is 135 Å². The molecule has 0 fully saturated rings. The maximum absolute atomic E-state index is 4.83. The van der Waals surface area contributed by atoms with Crippen LogP contribution in [0.25, 0.3) is 64.7 Å². The third-order valence-electron chi connectivity index (χ3n) is 10.6. The number of fused-ring (bicyclic) bond motifs is 9. The van der Waals surface area contributed by atoms with E-state index >= 15 is 0 Å². The zero-order chi connectivity index (χ0) is 30.5. The molecule has 218 valence electrons. The molecule has 0 bridgehead atoms. The van der Waals surface area contributed by atoms with E-state index in [4.69, 9.17) is 25.3 Å². The van der Waals surface area contributed by atoms with Crippen molar-refractivity contribution in [2.45, 2.75) is 24.7 Å². The predicted molar refractivity (Wildman–Crippen MR) is 202 cm³/mol. The van der Waals surface area contributed by atoms with Gasteiger partial charge in [-0.3, -0.25) is 0 Å². The molecule has 0 amide bonds. The van der Waals surface area contributed by atoms with Crippen LogP contribution in [0.2, 0.25) is 0 Å². The lowest BCUT2D eigenvalue weighted by Crippen LogP contribution is -2.22. The highest BCUT2D eigenvalue weighted by atomic mass is 32.1. The minimum atomic E-state index is -0.0895. The summed E-state index contributed by atoms with van der Waals surface area (Å²) in [5.74, 6) is 1.56. The molecule has 1 aromatic heterocycles. The Morgan fingerprint density at radius 1 is 0.444 bits per heavy atom. The number of thiophene rings is 1.